The van der Waals surface area contributed by atoms with Crippen LogP contribution in [0, 0.1) is 6.92 Å². The summed E-state index contributed by atoms with van der Waals surface area (Å²) in [6, 6.07) is 12.3. The van der Waals surface area contributed by atoms with Gasteiger partial charge in [-0.05, 0) is 43.5 Å². The second-order valence-corrected chi connectivity index (χ2v) is 10.7. The van der Waals surface area contributed by atoms with Crippen molar-refractivity contribution in [3.8, 4) is 0 Å². The average molecular weight is 500 g/mol. The van der Waals surface area contributed by atoms with Gasteiger partial charge in [-0.3, -0.25) is 13.8 Å². The van der Waals surface area contributed by atoms with Crippen LogP contribution in [0.3, 0.4) is 0 Å². The molecule has 186 valence electrons. The fourth-order valence-electron chi connectivity index (χ4n) is 5.42. The molecule has 1 amide bonds. The number of nitrogens with zero attached hydrogens (tertiary/aromatic N) is 1. The molecule has 2 aliphatic heterocycles. The SMILES string of the molecule is C=CC[C@@]1(C(=O)OC)c2ccccc2N2C(=O)CC[C@](O)(CCOS(=O)(=O)c3ccc(C)cc3)[C@@H]21. The van der Waals surface area contributed by atoms with E-state index in [4.69, 9.17) is 8.92 Å². The molecule has 1 N–H and O–H groups in total. The largest absolute Gasteiger partial charge is 0.468 e. The molecule has 3 atom stereocenters. The number of carbonyl (C=O) groups excluding carboxylic acids is 2. The summed E-state index contributed by atoms with van der Waals surface area (Å²) in [6.45, 7) is 5.32. The molecule has 0 bridgehead atoms. The Hall–Kier alpha value is -3.01. The number of esters is 1. The third kappa shape index (κ3) is 4.07. The van der Waals surface area contributed by atoms with Crippen molar-refractivity contribution in [3.05, 3.63) is 72.3 Å². The van der Waals surface area contributed by atoms with Crippen LogP contribution in [0.2, 0.25) is 0 Å². The van der Waals surface area contributed by atoms with Crippen LogP contribution in [0.1, 0.15) is 36.8 Å². The number of benzene rings is 2. The Morgan fingerprint density at radius 3 is 2.57 bits per heavy atom. The number of amides is 1. The van der Waals surface area contributed by atoms with Crippen molar-refractivity contribution in [3.63, 3.8) is 0 Å². The van der Waals surface area contributed by atoms with Gasteiger partial charge in [-0.1, -0.05) is 42.0 Å². The van der Waals surface area contributed by atoms with Crippen LogP contribution in [-0.4, -0.2) is 50.8 Å². The highest BCUT2D eigenvalue weighted by atomic mass is 32.2. The zero-order valence-corrected chi connectivity index (χ0v) is 20.6. The van der Waals surface area contributed by atoms with Crippen molar-refractivity contribution in [2.75, 3.05) is 18.6 Å². The summed E-state index contributed by atoms with van der Waals surface area (Å²) in [5.74, 6) is -0.825. The predicted octanol–water partition coefficient (Wildman–Crippen LogP) is 3.02. The van der Waals surface area contributed by atoms with Crippen molar-refractivity contribution < 1.29 is 32.0 Å². The lowest BCUT2D eigenvalue weighted by molar-refractivity contribution is -0.154. The van der Waals surface area contributed by atoms with E-state index < -0.39 is 33.1 Å². The van der Waals surface area contributed by atoms with Crippen molar-refractivity contribution in [2.24, 2.45) is 0 Å². The maximum atomic E-state index is 13.3. The van der Waals surface area contributed by atoms with Crippen LogP contribution in [0.25, 0.3) is 0 Å². The lowest BCUT2D eigenvalue weighted by Crippen LogP contribution is -2.66. The normalized spacial score (nSPS) is 25.6. The average Bonchev–Trinajstić information content (AvgIpc) is 3.14. The molecule has 1 saturated heterocycles. The molecular weight excluding hydrogens is 470 g/mol. The van der Waals surface area contributed by atoms with E-state index >= 15 is 0 Å². The van der Waals surface area contributed by atoms with Gasteiger partial charge in [0, 0.05) is 18.5 Å². The summed E-state index contributed by atoms with van der Waals surface area (Å²) in [4.78, 5) is 27.9. The Morgan fingerprint density at radius 2 is 1.91 bits per heavy atom. The highest BCUT2D eigenvalue weighted by Crippen LogP contribution is 2.55. The number of hydrogen-bond acceptors (Lipinski definition) is 7. The van der Waals surface area contributed by atoms with Crippen LogP contribution < -0.4 is 4.90 Å². The van der Waals surface area contributed by atoms with Gasteiger partial charge in [-0.2, -0.15) is 8.42 Å². The van der Waals surface area contributed by atoms with Gasteiger partial charge in [0.1, 0.15) is 5.41 Å². The molecule has 0 aromatic heterocycles. The molecule has 9 heteroatoms. The van der Waals surface area contributed by atoms with Crippen LogP contribution >= 0.6 is 0 Å². The van der Waals surface area contributed by atoms with Gasteiger partial charge >= 0.3 is 5.97 Å². The smallest absolute Gasteiger partial charge is 0.318 e. The van der Waals surface area contributed by atoms with E-state index in [1.54, 1.807) is 42.5 Å². The van der Waals surface area contributed by atoms with E-state index in [1.165, 1.54) is 24.1 Å². The molecule has 2 aliphatic rings. The van der Waals surface area contributed by atoms with E-state index in [2.05, 4.69) is 6.58 Å². The predicted molar refractivity (Wildman–Crippen MR) is 129 cm³/mol. The summed E-state index contributed by atoms with van der Waals surface area (Å²) < 4.78 is 35.8. The zero-order valence-electron chi connectivity index (χ0n) is 19.8. The molecular formula is C26H29NO7S. The van der Waals surface area contributed by atoms with Crippen LogP contribution in [-0.2, 0) is 34.0 Å². The molecule has 2 aromatic rings. The fraction of sp³-hybridized carbons (Fsp3) is 0.385. The number of ether oxygens (including phenoxy) is 1. The molecule has 0 aliphatic carbocycles. The number of aliphatic hydroxyl groups is 1. The summed E-state index contributed by atoms with van der Waals surface area (Å²) in [7, 11) is -2.79. The second-order valence-electron chi connectivity index (χ2n) is 9.08. The summed E-state index contributed by atoms with van der Waals surface area (Å²) in [6.07, 6.45) is 1.66. The van der Waals surface area contributed by atoms with E-state index in [1.807, 2.05) is 6.92 Å². The molecule has 1 fully saturated rings. The van der Waals surface area contributed by atoms with Crippen LogP contribution in [0.15, 0.2) is 66.1 Å². The summed E-state index contributed by atoms with van der Waals surface area (Å²) in [5.41, 5.74) is -1.01. The number of methoxy groups -OCH3 is 1. The standard InChI is InChI=1S/C26H29NO7S/c1-4-14-26(24(29)33-3)20-7-5-6-8-21(20)27-22(28)13-15-25(30,23(26)27)16-17-34-35(31,32)19-11-9-18(2)10-12-19/h4-12,23,30H,1,13-17H2,2-3H3/t23-,25+,26-/m1/s1. The molecule has 8 nitrogen and oxygen atoms in total. The first kappa shape index (κ1) is 25.1. The number of anilines is 1. The van der Waals surface area contributed by atoms with Crippen LogP contribution in [0.5, 0.6) is 0 Å². The van der Waals surface area contributed by atoms with E-state index in [-0.39, 0.29) is 43.1 Å². The number of allylic oxidation sites excluding steroid dienone is 1. The van der Waals surface area contributed by atoms with E-state index in [0.717, 1.165) is 5.56 Å². The van der Waals surface area contributed by atoms with E-state index in [0.29, 0.717) is 11.3 Å². The minimum absolute atomic E-state index is 0.0133. The summed E-state index contributed by atoms with van der Waals surface area (Å²) >= 11 is 0. The van der Waals surface area contributed by atoms with Crippen molar-refractivity contribution in [1.82, 2.24) is 0 Å². The zero-order chi connectivity index (χ0) is 25.4. The quantitative estimate of drug-likeness (QED) is 0.338. The van der Waals surface area contributed by atoms with Gasteiger partial charge in [-0.25, -0.2) is 0 Å². The van der Waals surface area contributed by atoms with Gasteiger partial charge in [0.2, 0.25) is 5.91 Å². The first-order valence-electron chi connectivity index (χ1n) is 11.4. The minimum atomic E-state index is -4.05. The number of aryl methyl sites for hydroxylation is 1. The molecule has 0 radical (unpaired) electrons. The molecule has 0 saturated carbocycles. The first-order valence-corrected chi connectivity index (χ1v) is 12.8. The Kier molecular flexibility index (Phi) is 6.61. The van der Waals surface area contributed by atoms with E-state index in [9.17, 15) is 23.1 Å². The molecule has 35 heavy (non-hydrogen) atoms. The van der Waals surface area contributed by atoms with Gasteiger partial charge < -0.3 is 14.7 Å². The van der Waals surface area contributed by atoms with Crippen LogP contribution in [0.4, 0.5) is 5.69 Å². The molecule has 0 unspecified atom stereocenters. The molecule has 4 rings (SSSR count). The highest BCUT2D eigenvalue weighted by Gasteiger charge is 2.65. The first-order chi connectivity index (χ1) is 16.6. The monoisotopic (exact) mass is 499 g/mol. The number of carbonyl (C=O) groups is 2. The number of para-hydroxylation sites is 1. The van der Waals surface area contributed by atoms with Crippen molar-refractivity contribution >= 4 is 27.7 Å². The Balaban J connectivity index is 1.70. The van der Waals surface area contributed by atoms with Gasteiger partial charge in [-0.15, -0.1) is 6.58 Å². The number of rotatable bonds is 8. The number of hydrogen-bond donors (Lipinski definition) is 1. The third-order valence-corrected chi connectivity index (χ3v) is 8.34. The third-order valence-electron chi connectivity index (χ3n) is 7.02. The number of piperidine rings is 1. The molecule has 0 spiro atoms. The fourth-order valence-corrected chi connectivity index (χ4v) is 6.33. The lowest BCUT2D eigenvalue weighted by Gasteiger charge is -2.49. The van der Waals surface area contributed by atoms with Crippen molar-refractivity contribution in [2.45, 2.75) is 54.6 Å². The Bertz CT molecular complexity index is 1260. The maximum absolute atomic E-state index is 13.3. The Morgan fingerprint density at radius 1 is 1.23 bits per heavy atom. The Labute approximate surface area is 205 Å². The second kappa shape index (κ2) is 9.22. The van der Waals surface area contributed by atoms with Gasteiger partial charge in [0.25, 0.3) is 10.1 Å². The van der Waals surface area contributed by atoms with Crippen molar-refractivity contribution in [1.29, 1.82) is 0 Å². The molecule has 2 heterocycles. The topological polar surface area (TPSA) is 110 Å². The summed E-state index contributed by atoms with van der Waals surface area (Å²) in [5, 5.41) is 11.9. The number of fused-ring (bicyclic) bond motifs is 3. The lowest BCUT2D eigenvalue weighted by atomic mass is 9.65. The minimum Gasteiger partial charge on any atom is -0.468 e. The highest BCUT2D eigenvalue weighted by molar-refractivity contribution is 7.86. The van der Waals surface area contributed by atoms with Gasteiger partial charge in [0.05, 0.1) is 30.3 Å². The molecule has 2 aromatic carbocycles. The maximum Gasteiger partial charge on any atom is 0.318 e. The van der Waals surface area contributed by atoms with Gasteiger partial charge in [0.15, 0.2) is 0 Å².